The van der Waals surface area contributed by atoms with Crippen molar-refractivity contribution in [2.75, 3.05) is 5.32 Å². The zero-order valence-corrected chi connectivity index (χ0v) is 23.5. The lowest BCUT2D eigenvalue weighted by molar-refractivity contribution is 0.469. The van der Waals surface area contributed by atoms with Gasteiger partial charge in [0.1, 0.15) is 16.4 Å². The van der Waals surface area contributed by atoms with Gasteiger partial charge in [-0.15, -0.1) is 0 Å². The first-order valence-corrected chi connectivity index (χ1v) is 15.3. The topological polar surface area (TPSA) is 156 Å². The first-order valence-electron chi connectivity index (χ1n) is 11.7. The summed E-state index contributed by atoms with van der Waals surface area (Å²) in [5.74, 6) is 0.340. The standard InChI is InChI=1S/C28H23NO8S3/c1-15-7-6-8-16(2)28(15)29-21-14-23-20(13-25(21)39(32)33)27(18-9-4-5-10-26(18)40(34,35)36)19-12-24(38(30)31)17(3)11-22(19)37-23/h4-14,29H,3H2,1-2H3,(H,30,31)(H,32,33)(H,34,35,36)/p-2. The van der Waals surface area contributed by atoms with Crippen LogP contribution in [-0.2, 0) is 32.3 Å². The monoisotopic (exact) mass is 595 g/mol. The van der Waals surface area contributed by atoms with Crippen molar-refractivity contribution in [3.05, 3.63) is 99.4 Å². The number of ether oxygens (including phenoxy) is 1. The minimum atomic E-state index is -4.74. The van der Waals surface area contributed by atoms with E-state index in [1.807, 2.05) is 32.0 Å². The van der Waals surface area contributed by atoms with Crippen LogP contribution in [-0.4, -0.2) is 30.5 Å². The van der Waals surface area contributed by atoms with Crippen molar-refractivity contribution in [3.8, 4) is 11.5 Å². The van der Waals surface area contributed by atoms with Gasteiger partial charge in [-0.25, -0.2) is 0 Å². The normalized spacial score (nSPS) is 14.1. The number of fused-ring (bicyclic) bond motifs is 2. The minimum Gasteiger partial charge on any atom is -0.768 e. The number of benzene rings is 4. The van der Waals surface area contributed by atoms with Crippen LogP contribution in [0.25, 0.3) is 12.2 Å². The van der Waals surface area contributed by atoms with Crippen LogP contribution in [0.15, 0.2) is 81.4 Å². The molecule has 9 nitrogen and oxygen atoms in total. The molecule has 0 aliphatic carbocycles. The Balaban J connectivity index is 1.89. The average Bonchev–Trinajstić information content (AvgIpc) is 2.88. The lowest BCUT2D eigenvalue weighted by atomic mass is 9.92. The van der Waals surface area contributed by atoms with Crippen LogP contribution >= 0.6 is 0 Å². The summed E-state index contributed by atoms with van der Waals surface area (Å²) in [6.45, 7) is 7.53. The second kappa shape index (κ2) is 10.4. The summed E-state index contributed by atoms with van der Waals surface area (Å²) in [4.78, 5) is -0.750. The third-order valence-corrected chi connectivity index (χ3v) is 8.89. The third kappa shape index (κ3) is 5.01. The molecular formula is C28H21NO8S3-2. The molecule has 0 amide bonds. The number of hydrogen-bond acceptors (Lipinski definition) is 8. The van der Waals surface area contributed by atoms with Gasteiger partial charge in [0.25, 0.3) is 10.1 Å². The highest BCUT2D eigenvalue weighted by Crippen LogP contribution is 2.42. The van der Waals surface area contributed by atoms with Crippen LogP contribution in [0.4, 0.5) is 11.4 Å². The van der Waals surface area contributed by atoms with Crippen molar-refractivity contribution in [1.29, 1.82) is 0 Å². The Morgan fingerprint density at radius 1 is 0.850 bits per heavy atom. The summed E-state index contributed by atoms with van der Waals surface area (Å²) < 4.78 is 89.6. The Hall–Kier alpha value is -3.65. The molecule has 2 atom stereocenters. The van der Waals surface area contributed by atoms with E-state index in [4.69, 9.17) is 4.74 Å². The minimum absolute atomic E-state index is 0.0216. The number of aryl methyl sites for hydroxylation is 2. The second-order valence-corrected chi connectivity index (χ2v) is 12.3. The molecule has 4 aromatic rings. The maximum absolute atomic E-state index is 12.5. The lowest BCUT2D eigenvalue weighted by Crippen LogP contribution is -2.24. The highest BCUT2D eigenvalue weighted by molar-refractivity contribution is 7.86. The van der Waals surface area contributed by atoms with Crippen LogP contribution in [0.1, 0.15) is 22.3 Å². The molecule has 4 aromatic carbocycles. The van der Waals surface area contributed by atoms with Gasteiger partial charge in [0, 0.05) is 43.5 Å². The first-order chi connectivity index (χ1) is 18.9. The van der Waals surface area contributed by atoms with Gasteiger partial charge in [0.05, 0.1) is 5.69 Å². The molecular weight excluding hydrogens is 575 g/mol. The highest BCUT2D eigenvalue weighted by Gasteiger charge is 2.27. The largest absolute Gasteiger partial charge is 0.768 e. The smallest absolute Gasteiger partial charge is 0.295 e. The van der Waals surface area contributed by atoms with Crippen molar-refractivity contribution in [1.82, 2.24) is 0 Å². The summed E-state index contributed by atoms with van der Waals surface area (Å²) in [6.07, 6.45) is 0. The molecule has 1 aliphatic heterocycles. The predicted octanol–water partition coefficient (Wildman–Crippen LogP) is 3.53. The Morgan fingerprint density at radius 3 is 2.12 bits per heavy atom. The Labute approximate surface area is 235 Å². The van der Waals surface area contributed by atoms with Gasteiger partial charge < -0.3 is 19.2 Å². The zero-order valence-electron chi connectivity index (χ0n) is 21.1. The van der Waals surface area contributed by atoms with Crippen LogP contribution in [0, 0.1) is 13.8 Å². The zero-order chi connectivity index (χ0) is 28.9. The van der Waals surface area contributed by atoms with E-state index in [2.05, 4.69) is 11.9 Å². The fourth-order valence-corrected chi connectivity index (χ4v) is 6.40. The van der Waals surface area contributed by atoms with Gasteiger partial charge in [0.15, 0.2) is 0 Å². The number of para-hydroxylation sites is 1. The second-order valence-electron chi connectivity index (χ2n) is 9.11. The summed E-state index contributed by atoms with van der Waals surface area (Å²) >= 11 is -5.44. The maximum atomic E-state index is 12.5. The van der Waals surface area contributed by atoms with Crippen molar-refractivity contribution in [3.63, 3.8) is 0 Å². The SMILES string of the molecule is C=c1cc2c(cc1S(=O)[O-])=C(c1ccccc1S(=O)(=O)O)c1cc(S(=O)[O-])c(Nc3c(C)cccc3C)cc1O2. The van der Waals surface area contributed by atoms with E-state index in [1.54, 1.807) is 0 Å². The van der Waals surface area contributed by atoms with E-state index >= 15 is 0 Å². The van der Waals surface area contributed by atoms with E-state index in [9.17, 15) is 30.5 Å². The molecule has 1 heterocycles. The molecule has 206 valence electrons. The average molecular weight is 596 g/mol. The van der Waals surface area contributed by atoms with Gasteiger partial charge in [-0.2, -0.15) is 8.42 Å². The van der Waals surface area contributed by atoms with Gasteiger partial charge >= 0.3 is 0 Å². The predicted molar refractivity (Wildman–Crippen MR) is 149 cm³/mol. The van der Waals surface area contributed by atoms with Crippen LogP contribution in [0.5, 0.6) is 11.5 Å². The van der Waals surface area contributed by atoms with Gasteiger partial charge in [-0.3, -0.25) is 13.0 Å². The van der Waals surface area contributed by atoms with E-state index in [1.165, 1.54) is 48.5 Å². The van der Waals surface area contributed by atoms with Crippen LogP contribution in [0.2, 0.25) is 0 Å². The lowest BCUT2D eigenvalue weighted by Gasteiger charge is -2.26. The summed E-state index contributed by atoms with van der Waals surface area (Å²) in [7, 11) is -4.74. The van der Waals surface area contributed by atoms with Crippen LogP contribution in [0.3, 0.4) is 0 Å². The van der Waals surface area contributed by atoms with Gasteiger partial charge in [0.2, 0.25) is 0 Å². The Morgan fingerprint density at radius 2 is 1.50 bits per heavy atom. The Kier molecular flexibility index (Phi) is 7.25. The molecule has 12 heteroatoms. The molecule has 0 aromatic heterocycles. The van der Waals surface area contributed by atoms with Crippen LogP contribution < -0.4 is 20.5 Å². The maximum Gasteiger partial charge on any atom is 0.295 e. The molecule has 40 heavy (non-hydrogen) atoms. The molecule has 2 N–H and O–H groups in total. The number of rotatable bonds is 6. The molecule has 2 unspecified atom stereocenters. The number of anilines is 2. The van der Waals surface area contributed by atoms with Gasteiger partial charge in [-0.05, 0) is 76.6 Å². The summed E-state index contributed by atoms with van der Waals surface area (Å²) in [5, 5.41) is 3.50. The highest BCUT2D eigenvalue weighted by atomic mass is 32.2. The molecule has 1 aliphatic rings. The molecule has 5 rings (SSSR count). The van der Waals surface area contributed by atoms with E-state index in [-0.39, 0.29) is 54.1 Å². The first kappa shape index (κ1) is 27.9. The molecule has 0 fully saturated rings. The van der Waals surface area contributed by atoms with E-state index in [0.717, 1.165) is 11.1 Å². The molecule has 0 spiro atoms. The van der Waals surface area contributed by atoms with Crippen molar-refractivity contribution in [2.24, 2.45) is 0 Å². The Bertz CT molecular complexity index is 1970. The molecule has 0 bridgehead atoms. The van der Waals surface area contributed by atoms with Crippen molar-refractivity contribution < 1.29 is 35.2 Å². The molecule has 0 saturated carbocycles. The number of hydrogen-bond donors (Lipinski definition) is 2. The molecule has 0 saturated heterocycles. The summed E-state index contributed by atoms with van der Waals surface area (Å²) in [6, 6.07) is 16.7. The third-order valence-electron chi connectivity index (χ3n) is 6.54. The molecule has 0 radical (unpaired) electrons. The fraction of sp³-hybridized carbons (Fsp3) is 0.0714. The van der Waals surface area contributed by atoms with Crippen molar-refractivity contribution in [2.45, 2.75) is 28.5 Å². The fourth-order valence-electron chi connectivity index (χ4n) is 4.71. The number of nitrogens with one attached hydrogen (secondary N) is 1. The van der Waals surface area contributed by atoms with Gasteiger partial charge in [-0.1, -0.05) is 43.0 Å². The van der Waals surface area contributed by atoms with E-state index in [0.29, 0.717) is 5.69 Å². The summed E-state index contributed by atoms with van der Waals surface area (Å²) in [5.41, 5.74) is 3.02. The quantitative estimate of drug-likeness (QED) is 0.221. The van der Waals surface area contributed by atoms with E-state index < -0.39 is 37.2 Å². The van der Waals surface area contributed by atoms with Crippen molar-refractivity contribution >= 4 is 55.8 Å².